The number of carbonyl (C=O) groups is 3. The minimum atomic E-state index is -0.893. The Hall–Kier alpha value is -2.04. The molecular weight excluding hydrogens is 495 g/mol. The zero-order chi connectivity index (χ0) is 22.3. The molecule has 0 amide bonds. The van der Waals surface area contributed by atoms with Crippen LogP contribution >= 0.6 is 22.6 Å². The number of hydrogen-bond donors (Lipinski definition) is 0. The van der Waals surface area contributed by atoms with E-state index in [1.807, 2.05) is 50.3 Å². The van der Waals surface area contributed by atoms with Crippen LogP contribution in [0, 0.1) is 15.4 Å². The summed E-state index contributed by atoms with van der Waals surface area (Å²) >= 11 is 1.97. The first kappa shape index (κ1) is 25.0. The third-order valence-corrected chi connectivity index (χ3v) is 5.08. The van der Waals surface area contributed by atoms with E-state index in [0.717, 1.165) is 0 Å². The van der Waals surface area contributed by atoms with Crippen molar-refractivity contribution < 1.29 is 38.1 Å². The summed E-state index contributed by atoms with van der Waals surface area (Å²) in [6.45, 7) is 7.23. The van der Waals surface area contributed by atoms with Gasteiger partial charge in [-0.3, -0.25) is 0 Å². The Bertz CT molecular complexity index is 693. The van der Waals surface area contributed by atoms with Crippen molar-refractivity contribution in [3.63, 3.8) is 0 Å². The molecule has 0 radical (unpaired) electrons. The first-order valence-electron chi connectivity index (χ1n) is 8.98. The summed E-state index contributed by atoms with van der Waals surface area (Å²) in [6, 6.07) is 2.92. The number of benzene rings is 1. The summed E-state index contributed by atoms with van der Waals surface area (Å²) in [5, 5.41) is 0. The SMILES string of the molecule is COC(=O)c1cc(O[C@@H](C(=O)OC)C(C)C)c(I)c(O[C@@H](C(=O)OC)C(C)C)c1. The van der Waals surface area contributed by atoms with Gasteiger partial charge in [-0.25, -0.2) is 14.4 Å². The van der Waals surface area contributed by atoms with E-state index >= 15 is 0 Å². The van der Waals surface area contributed by atoms with Gasteiger partial charge in [0.2, 0.25) is 0 Å². The van der Waals surface area contributed by atoms with E-state index in [4.69, 9.17) is 23.7 Å². The Labute approximate surface area is 184 Å². The summed E-state index contributed by atoms with van der Waals surface area (Å²) < 4.78 is 26.6. The highest BCUT2D eigenvalue weighted by Gasteiger charge is 2.30. The van der Waals surface area contributed by atoms with E-state index in [9.17, 15) is 14.4 Å². The molecule has 0 unspecified atom stereocenters. The maximum absolute atomic E-state index is 12.1. The minimum absolute atomic E-state index is 0.151. The van der Waals surface area contributed by atoms with Gasteiger partial charge in [-0.15, -0.1) is 0 Å². The number of hydrogen-bond acceptors (Lipinski definition) is 8. The van der Waals surface area contributed by atoms with Crippen molar-refractivity contribution in [2.45, 2.75) is 39.9 Å². The zero-order valence-corrected chi connectivity index (χ0v) is 19.8. The summed E-state index contributed by atoms with van der Waals surface area (Å²) in [6.07, 6.45) is -1.79. The van der Waals surface area contributed by atoms with Gasteiger partial charge in [-0.1, -0.05) is 27.7 Å². The van der Waals surface area contributed by atoms with Crippen molar-refractivity contribution in [1.82, 2.24) is 0 Å². The van der Waals surface area contributed by atoms with E-state index in [2.05, 4.69) is 0 Å². The third kappa shape index (κ3) is 6.48. The van der Waals surface area contributed by atoms with Crippen LogP contribution in [0.2, 0.25) is 0 Å². The largest absolute Gasteiger partial charge is 0.477 e. The van der Waals surface area contributed by atoms with Gasteiger partial charge in [0.05, 0.1) is 30.5 Å². The Kier molecular flexibility index (Phi) is 9.67. The average Bonchev–Trinajstić information content (AvgIpc) is 2.69. The Morgan fingerprint density at radius 1 is 0.759 bits per heavy atom. The second-order valence-corrected chi connectivity index (χ2v) is 7.97. The molecule has 0 heterocycles. The lowest BCUT2D eigenvalue weighted by molar-refractivity contribution is -0.151. The van der Waals surface area contributed by atoms with Gasteiger partial charge < -0.3 is 23.7 Å². The lowest BCUT2D eigenvalue weighted by atomic mass is 10.1. The number of carbonyl (C=O) groups excluding carboxylic acids is 3. The lowest BCUT2D eigenvalue weighted by Gasteiger charge is -2.24. The molecule has 0 aliphatic rings. The quantitative estimate of drug-likeness (QED) is 0.277. The van der Waals surface area contributed by atoms with Gasteiger partial charge in [0, 0.05) is 11.8 Å². The average molecular weight is 522 g/mol. The standard InChI is InChI=1S/C20H27IO8/c1-10(2)16(19(23)26-6)28-13-8-12(18(22)25-5)9-14(15(13)21)29-17(11(3)4)20(24)27-7/h8-11,16-17H,1-7H3/t16-,17-/m1/s1. The van der Waals surface area contributed by atoms with Gasteiger partial charge in [-0.2, -0.15) is 0 Å². The number of halogens is 1. The van der Waals surface area contributed by atoms with Gasteiger partial charge in [0.1, 0.15) is 11.5 Å². The van der Waals surface area contributed by atoms with E-state index in [1.54, 1.807) is 0 Å². The topological polar surface area (TPSA) is 97.4 Å². The van der Waals surface area contributed by atoms with Crippen LogP contribution in [0.3, 0.4) is 0 Å². The lowest BCUT2D eigenvalue weighted by Crippen LogP contribution is -2.35. The third-order valence-electron chi connectivity index (χ3n) is 4.01. The van der Waals surface area contributed by atoms with E-state index in [0.29, 0.717) is 3.57 Å². The van der Waals surface area contributed by atoms with Crippen LogP contribution in [0.25, 0.3) is 0 Å². The van der Waals surface area contributed by atoms with E-state index in [-0.39, 0.29) is 28.9 Å². The molecule has 8 nitrogen and oxygen atoms in total. The van der Waals surface area contributed by atoms with Crippen LogP contribution in [0.5, 0.6) is 11.5 Å². The van der Waals surface area contributed by atoms with Crippen LogP contribution in [0.1, 0.15) is 38.1 Å². The molecule has 0 aromatic heterocycles. The first-order valence-corrected chi connectivity index (χ1v) is 10.1. The second-order valence-electron chi connectivity index (χ2n) is 6.89. The summed E-state index contributed by atoms with van der Waals surface area (Å²) in [5.74, 6) is -1.62. The summed E-state index contributed by atoms with van der Waals surface area (Å²) in [5.41, 5.74) is 0.151. The fraction of sp³-hybridized carbons (Fsp3) is 0.550. The highest BCUT2D eigenvalue weighted by molar-refractivity contribution is 14.1. The number of rotatable bonds is 9. The normalized spacial score (nSPS) is 12.9. The molecule has 0 bridgehead atoms. The van der Waals surface area contributed by atoms with Crippen molar-refractivity contribution in [3.8, 4) is 11.5 Å². The molecule has 0 spiro atoms. The highest BCUT2D eigenvalue weighted by Crippen LogP contribution is 2.35. The second kappa shape index (κ2) is 11.2. The van der Waals surface area contributed by atoms with Crippen LogP contribution < -0.4 is 9.47 Å². The molecule has 2 atom stereocenters. The first-order chi connectivity index (χ1) is 13.6. The molecule has 162 valence electrons. The Morgan fingerprint density at radius 3 is 1.41 bits per heavy atom. The molecule has 1 aromatic carbocycles. The summed E-state index contributed by atoms with van der Waals surface area (Å²) in [4.78, 5) is 36.3. The Balaban J connectivity index is 3.46. The molecule has 0 saturated heterocycles. The smallest absolute Gasteiger partial charge is 0.347 e. The molecule has 0 aliphatic heterocycles. The van der Waals surface area contributed by atoms with Crippen LogP contribution in [-0.2, 0) is 23.8 Å². The number of methoxy groups -OCH3 is 3. The molecule has 0 aliphatic carbocycles. The molecule has 1 aromatic rings. The summed E-state index contributed by atoms with van der Waals surface area (Å²) in [7, 11) is 3.79. The highest BCUT2D eigenvalue weighted by atomic mass is 127. The van der Waals surface area contributed by atoms with E-state index < -0.39 is 30.1 Å². The van der Waals surface area contributed by atoms with Crippen molar-refractivity contribution in [2.24, 2.45) is 11.8 Å². The fourth-order valence-corrected chi connectivity index (χ4v) is 2.96. The molecule has 9 heteroatoms. The minimum Gasteiger partial charge on any atom is -0.477 e. The van der Waals surface area contributed by atoms with Gasteiger partial charge >= 0.3 is 17.9 Å². The molecule has 1 rings (SSSR count). The van der Waals surface area contributed by atoms with Gasteiger partial charge in [-0.05, 0) is 34.7 Å². The van der Waals surface area contributed by atoms with Crippen molar-refractivity contribution in [1.29, 1.82) is 0 Å². The maximum Gasteiger partial charge on any atom is 0.347 e. The Morgan fingerprint density at radius 2 is 1.14 bits per heavy atom. The molecule has 0 fully saturated rings. The van der Waals surface area contributed by atoms with Crippen molar-refractivity contribution in [3.05, 3.63) is 21.3 Å². The van der Waals surface area contributed by atoms with Crippen molar-refractivity contribution in [2.75, 3.05) is 21.3 Å². The van der Waals surface area contributed by atoms with Crippen LogP contribution in [0.4, 0.5) is 0 Å². The molecule has 0 saturated carbocycles. The van der Waals surface area contributed by atoms with Crippen molar-refractivity contribution >= 4 is 40.5 Å². The molecular formula is C20H27IO8. The predicted octanol–water partition coefficient (Wildman–Crippen LogP) is 3.23. The molecule has 29 heavy (non-hydrogen) atoms. The predicted molar refractivity (Wildman–Crippen MR) is 113 cm³/mol. The molecule has 0 N–H and O–H groups in total. The van der Waals surface area contributed by atoms with Crippen LogP contribution in [0.15, 0.2) is 12.1 Å². The monoisotopic (exact) mass is 522 g/mol. The fourth-order valence-electron chi connectivity index (χ4n) is 2.40. The zero-order valence-electron chi connectivity index (χ0n) is 17.6. The maximum atomic E-state index is 12.1. The number of ether oxygens (including phenoxy) is 5. The number of esters is 3. The van der Waals surface area contributed by atoms with E-state index in [1.165, 1.54) is 33.5 Å². The van der Waals surface area contributed by atoms with Gasteiger partial charge in [0.15, 0.2) is 12.2 Å². The van der Waals surface area contributed by atoms with Crippen LogP contribution in [-0.4, -0.2) is 51.4 Å². The van der Waals surface area contributed by atoms with Gasteiger partial charge in [0.25, 0.3) is 0 Å².